The number of nitrogens with zero attached hydrogens (tertiary/aromatic N) is 1. The molecular formula is C17H23BrN2O. The third kappa shape index (κ3) is 3.95. The zero-order valence-electron chi connectivity index (χ0n) is 13.2. The fraction of sp³-hybridized carbons (Fsp3) is 0.471. The third-order valence-electron chi connectivity index (χ3n) is 3.81. The quantitative estimate of drug-likeness (QED) is 0.824. The Bertz CT molecular complexity index is 607. The molecule has 4 heteroatoms. The molecule has 0 spiro atoms. The molecule has 0 bridgehead atoms. The van der Waals surface area contributed by atoms with Crippen molar-refractivity contribution in [3.05, 3.63) is 51.1 Å². The average molecular weight is 351 g/mol. The second-order valence-corrected chi connectivity index (χ2v) is 6.39. The largest absolute Gasteiger partial charge is 0.466 e. The van der Waals surface area contributed by atoms with Crippen molar-refractivity contribution in [2.45, 2.75) is 46.6 Å². The zero-order chi connectivity index (χ0) is 15.4. The van der Waals surface area contributed by atoms with Crippen LogP contribution in [0, 0.1) is 20.8 Å². The first-order chi connectivity index (χ1) is 10.0. The van der Waals surface area contributed by atoms with Crippen molar-refractivity contribution in [3.8, 4) is 0 Å². The van der Waals surface area contributed by atoms with Crippen molar-refractivity contribution < 1.29 is 4.42 Å². The van der Waals surface area contributed by atoms with E-state index in [0.29, 0.717) is 0 Å². The van der Waals surface area contributed by atoms with Gasteiger partial charge in [-0.25, -0.2) is 0 Å². The van der Waals surface area contributed by atoms with Crippen molar-refractivity contribution >= 4 is 15.9 Å². The van der Waals surface area contributed by atoms with Crippen LogP contribution < -0.4 is 5.32 Å². The minimum atomic E-state index is 0.262. The number of aryl methyl sites for hydroxylation is 2. The van der Waals surface area contributed by atoms with Gasteiger partial charge in [0.05, 0.1) is 0 Å². The molecule has 0 aliphatic rings. The molecule has 0 fully saturated rings. The summed E-state index contributed by atoms with van der Waals surface area (Å²) in [5.74, 6) is 2.03. The van der Waals surface area contributed by atoms with Crippen LogP contribution >= 0.6 is 15.9 Å². The number of rotatable bonds is 6. The van der Waals surface area contributed by atoms with Crippen LogP contribution in [0.3, 0.4) is 0 Å². The Hall–Kier alpha value is -1.13. The maximum Gasteiger partial charge on any atom is 0.106 e. The normalized spacial score (nSPS) is 12.6. The molecule has 2 heterocycles. The standard InChI is InChI=1S/C17H23BrN2O/c1-5-6-20-16(8-14-7-15(18)10-19-9-14)17-11(2)12(3)21-13(17)4/h7,9-10,16,20H,5-6,8H2,1-4H3. The number of aromatic nitrogens is 1. The van der Waals surface area contributed by atoms with E-state index in [1.807, 2.05) is 19.3 Å². The lowest BCUT2D eigenvalue weighted by Crippen LogP contribution is -2.25. The van der Waals surface area contributed by atoms with Gasteiger partial charge in [0.25, 0.3) is 0 Å². The number of nitrogens with one attached hydrogen (secondary N) is 1. The van der Waals surface area contributed by atoms with Crippen molar-refractivity contribution in [1.29, 1.82) is 0 Å². The van der Waals surface area contributed by atoms with Gasteiger partial charge in [-0.2, -0.15) is 0 Å². The third-order valence-corrected chi connectivity index (χ3v) is 4.24. The molecule has 1 unspecified atom stereocenters. The number of furan rings is 1. The van der Waals surface area contributed by atoms with E-state index in [-0.39, 0.29) is 6.04 Å². The lowest BCUT2D eigenvalue weighted by molar-refractivity contribution is 0.480. The topological polar surface area (TPSA) is 38.1 Å². The van der Waals surface area contributed by atoms with Crippen molar-refractivity contribution in [2.24, 2.45) is 0 Å². The van der Waals surface area contributed by atoms with E-state index in [4.69, 9.17) is 4.42 Å². The summed E-state index contributed by atoms with van der Waals surface area (Å²) >= 11 is 3.49. The van der Waals surface area contributed by atoms with Crippen LogP contribution in [0.5, 0.6) is 0 Å². The van der Waals surface area contributed by atoms with Crippen LogP contribution in [0.2, 0.25) is 0 Å². The molecule has 2 aromatic rings. The Labute approximate surface area is 135 Å². The van der Waals surface area contributed by atoms with E-state index >= 15 is 0 Å². The fourth-order valence-corrected chi connectivity index (χ4v) is 3.13. The van der Waals surface area contributed by atoms with Gasteiger partial charge in [-0.15, -0.1) is 0 Å². The monoisotopic (exact) mass is 350 g/mol. The first-order valence-corrected chi connectivity index (χ1v) is 8.21. The van der Waals surface area contributed by atoms with Gasteiger partial charge in [0.2, 0.25) is 0 Å². The molecule has 1 atom stereocenters. The minimum absolute atomic E-state index is 0.262. The first-order valence-electron chi connectivity index (χ1n) is 7.42. The molecule has 3 nitrogen and oxygen atoms in total. The summed E-state index contributed by atoms with van der Waals surface area (Å²) in [6.07, 6.45) is 5.77. The molecule has 2 rings (SSSR count). The summed E-state index contributed by atoms with van der Waals surface area (Å²) in [5, 5.41) is 3.65. The van der Waals surface area contributed by atoms with Crippen LogP contribution in [0.25, 0.3) is 0 Å². The predicted molar refractivity (Wildman–Crippen MR) is 89.6 cm³/mol. The molecule has 0 aliphatic carbocycles. The molecule has 0 aromatic carbocycles. The molecule has 0 aliphatic heterocycles. The highest BCUT2D eigenvalue weighted by atomic mass is 79.9. The minimum Gasteiger partial charge on any atom is -0.466 e. The summed E-state index contributed by atoms with van der Waals surface area (Å²) in [7, 11) is 0. The van der Waals surface area contributed by atoms with Gasteiger partial charge in [0.15, 0.2) is 0 Å². The van der Waals surface area contributed by atoms with E-state index in [2.05, 4.69) is 53.1 Å². The molecule has 0 saturated heterocycles. The van der Waals surface area contributed by atoms with E-state index in [0.717, 1.165) is 35.4 Å². The Morgan fingerprint density at radius 1 is 1.24 bits per heavy atom. The maximum absolute atomic E-state index is 5.80. The average Bonchev–Trinajstić information content (AvgIpc) is 2.68. The summed E-state index contributed by atoms with van der Waals surface area (Å²) in [6.45, 7) is 9.40. The smallest absolute Gasteiger partial charge is 0.106 e. The molecule has 21 heavy (non-hydrogen) atoms. The van der Waals surface area contributed by atoms with Gasteiger partial charge >= 0.3 is 0 Å². The Balaban J connectivity index is 2.29. The summed E-state index contributed by atoms with van der Waals surface area (Å²) in [6, 6.07) is 2.39. The second-order valence-electron chi connectivity index (χ2n) is 5.48. The van der Waals surface area contributed by atoms with E-state index in [1.165, 1.54) is 16.7 Å². The Morgan fingerprint density at radius 2 is 2.00 bits per heavy atom. The highest BCUT2D eigenvalue weighted by Gasteiger charge is 2.21. The molecular weight excluding hydrogens is 328 g/mol. The predicted octanol–water partition coefficient (Wildman–Crippen LogP) is 4.65. The molecule has 1 N–H and O–H groups in total. The first kappa shape index (κ1) is 16.2. The van der Waals surface area contributed by atoms with Crippen LogP contribution in [-0.4, -0.2) is 11.5 Å². The van der Waals surface area contributed by atoms with Gasteiger partial charge in [0, 0.05) is 28.5 Å². The number of hydrogen-bond acceptors (Lipinski definition) is 3. The summed E-state index contributed by atoms with van der Waals surface area (Å²) in [5.41, 5.74) is 3.76. The van der Waals surface area contributed by atoms with E-state index in [1.54, 1.807) is 0 Å². The second kappa shape index (κ2) is 7.23. The summed E-state index contributed by atoms with van der Waals surface area (Å²) < 4.78 is 6.82. The zero-order valence-corrected chi connectivity index (χ0v) is 14.8. The maximum atomic E-state index is 5.80. The van der Waals surface area contributed by atoms with E-state index < -0.39 is 0 Å². The van der Waals surface area contributed by atoms with Crippen molar-refractivity contribution in [2.75, 3.05) is 6.54 Å². The van der Waals surface area contributed by atoms with E-state index in [9.17, 15) is 0 Å². The molecule has 2 aromatic heterocycles. The highest BCUT2D eigenvalue weighted by molar-refractivity contribution is 9.10. The van der Waals surface area contributed by atoms with Crippen LogP contribution in [0.15, 0.2) is 27.3 Å². The van der Waals surface area contributed by atoms with Gasteiger partial charge in [-0.3, -0.25) is 4.98 Å². The molecule has 114 valence electrons. The number of pyridine rings is 1. The number of halogens is 1. The molecule has 0 amide bonds. The Kier molecular flexibility index (Phi) is 5.59. The molecule has 0 saturated carbocycles. The lowest BCUT2D eigenvalue weighted by atomic mass is 9.96. The highest BCUT2D eigenvalue weighted by Crippen LogP contribution is 2.29. The fourth-order valence-electron chi connectivity index (χ4n) is 2.72. The number of hydrogen-bond donors (Lipinski definition) is 1. The van der Waals surface area contributed by atoms with Gasteiger partial charge in [0.1, 0.15) is 11.5 Å². The van der Waals surface area contributed by atoms with Crippen molar-refractivity contribution in [3.63, 3.8) is 0 Å². The van der Waals surface area contributed by atoms with Gasteiger partial charge in [-0.1, -0.05) is 6.92 Å². The Morgan fingerprint density at radius 3 is 2.57 bits per heavy atom. The molecule has 0 radical (unpaired) electrons. The SMILES string of the molecule is CCCNC(Cc1cncc(Br)c1)c1c(C)oc(C)c1C. The van der Waals surface area contributed by atoms with Crippen LogP contribution in [0.4, 0.5) is 0 Å². The lowest BCUT2D eigenvalue weighted by Gasteiger charge is -2.19. The summed E-state index contributed by atoms with van der Waals surface area (Å²) in [4.78, 5) is 4.26. The van der Waals surface area contributed by atoms with Crippen molar-refractivity contribution in [1.82, 2.24) is 10.3 Å². The van der Waals surface area contributed by atoms with Gasteiger partial charge in [-0.05, 0) is 73.3 Å². The van der Waals surface area contributed by atoms with Crippen LogP contribution in [0.1, 0.15) is 47.6 Å². The van der Waals surface area contributed by atoms with Gasteiger partial charge < -0.3 is 9.73 Å². The van der Waals surface area contributed by atoms with Crippen LogP contribution in [-0.2, 0) is 6.42 Å².